The topological polar surface area (TPSA) is 27.7 Å². The van der Waals surface area contributed by atoms with Crippen LogP contribution in [0.1, 0.15) is 36.0 Å². The summed E-state index contributed by atoms with van der Waals surface area (Å²) in [4.78, 5) is 0. The van der Waals surface area contributed by atoms with Gasteiger partial charge in [-0.2, -0.15) is 0 Å². The summed E-state index contributed by atoms with van der Waals surface area (Å²) in [6.45, 7) is 2.84. The van der Waals surface area contributed by atoms with Crippen molar-refractivity contribution >= 4 is 10.8 Å². The van der Waals surface area contributed by atoms with Crippen LogP contribution in [-0.4, -0.2) is 12.9 Å². The molecule has 110 valence electrons. The van der Waals surface area contributed by atoms with E-state index in [0.29, 0.717) is 19.8 Å². The normalized spacial score (nSPS) is 21.6. The summed E-state index contributed by atoms with van der Waals surface area (Å²) in [5.41, 5.74) is 3.89. The van der Waals surface area contributed by atoms with E-state index in [4.69, 9.17) is 14.2 Å². The lowest BCUT2D eigenvalue weighted by atomic mass is 9.96. The smallest absolute Gasteiger partial charge is 0.158 e. The van der Waals surface area contributed by atoms with E-state index in [1.54, 1.807) is 0 Å². The minimum absolute atomic E-state index is 0.0457. The summed E-state index contributed by atoms with van der Waals surface area (Å²) >= 11 is 0. The minimum atomic E-state index is -0.0457. The quantitative estimate of drug-likeness (QED) is 0.855. The summed E-state index contributed by atoms with van der Waals surface area (Å²) in [7, 11) is 0. The molecule has 0 saturated carbocycles. The molecule has 3 nitrogen and oxygen atoms in total. The second kappa shape index (κ2) is 5.76. The maximum absolute atomic E-state index is 6.02. The van der Waals surface area contributed by atoms with E-state index in [-0.39, 0.29) is 6.29 Å². The molecule has 0 aliphatic carbocycles. The SMILES string of the molecule is c1ccc2c(COC3CCCCO3)c3c(cc2c1)COC3. The zero-order chi connectivity index (χ0) is 14.1. The average molecular weight is 284 g/mol. The van der Waals surface area contributed by atoms with Crippen molar-refractivity contribution in [3.63, 3.8) is 0 Å². The molecule has 0 N–H and O–H groups in total. The fourth-order valence-corrected chi connectivity index (χ4v) is 3.28. The first-order valence-corrected chi connectivity index (χ1v) is 7.75. The second-order valence-electron chi connectivity index (χ2n) is 5.81. The second-order valence-corrected chi connectivity index (χ2v) is 5.81. The molecule has 0 spiro atoms. The largest absolute Gasteiger partial charge is 0.372 e. The van der Waals surface area contributed by atoms with Crippen LogP contribution in [0.3, 0.4) is 0 Å². The van der Waals surface area contributed by atoms with Crippen molar-refractivity contribution in [3.8, 4) is 0 Å². The van der Waals surface area contributed by atoms with E-state index in [0.717, 1.165) is 19.4 Å². The lowest BCUT2D eigenvalue weighted by Gasteiger charge is -2.23. The first kappa shape index (κ1) is 13.3. The summed E-state index contributed by atoms with van der Waals surface area (Å²) in [6, 6.07) is 10.8. The third-order valence-electron chi connectivity index (χ3n) is 4.42. The molecule has 0 bridgehead atoms. The Bertz CT molecular complexity index is 644. The van der Waals surface area contributed by atoms with Gasteiger partial charge in [-0.3, -0.25) is 0 Å². The number of fused-ring (bicyclic) bond motifs is 2. The Morgan fingerprint density at radius 2 is 2.10 bits per heavy atom. The van der Waals surface area contributed by atoms with Crippen molar-refractivity contribution in [2.45, 2.75) is 45.4 Å². The first-order valence-electron chi connectivity index (χ1n) is 7.75. The van der Waals surface area contributed by atoms with Crippen LogP contribution in [0.2, 0.25) is 0 Å². The lowest BCUT2D eigenvalue weighted by Crippen LogP contribution is -2.22. The zero-order valence-electron chi connectivity index (χ0n) is 12.1. The average Bonchev–Trinajstić information content (AvgIpc) is 3.00. The highest BCUT2D eigenvalue weighted by Gasteiger charge is 2.20. The van der Waals surface area contributed by atoms with Gasteiger partial charge in [0, 0.05) is 6.61 Å². The molecule has 0 radical (unpaired) electrons. The third-order valence-corrected chi connectivity index (χ3v) is 4.42. The molecule has 1 saturated heterocycles. The Labute approximate surface area is 124 Å². The van der Waals surface area contributed by atoms with Crippen LogP contribution < -0.4 is 0 Å². The number of rotatable bonds is 3. The van der Waals surface area contributed by atoms with Crippen LogP contribution >= 0.6 is 0 Å². The zero-order valence-corrected chi connectivity index (χ0v) is 12.1. The fraction of sp³-hybridized carbons (Fsp3) is 0.444. The van der Waals surface area contributed by atoms with E-state index >= 15 is 0 Å². The summed E-state index contributed by atoms with van der Waals surface area (Å²) in [6.07, 6.45) is 3.30. The molecule has 2 aromatic rings. The molecule has 1 atom stereocenters. The number of hydrogen-bond acceptors (Lipinski definition) is 3. The van der Waals surface area contributed by atoms with Crippen LogP contribution in [0.5, 0.6) is 0 Å². The molecule has 21 heavy (non-hydrogen) atoms. The van der Waals surface area contributed by atoms with Crippen LogP contribution in [0.25, 0.3) is 10.8 Å². The van der Waals surface area contributed by atoms with E-state index in [2.05, 4.69) is 30.3 Å². The van der Waals surface area contributed by atoms with Crippen molar-refractivity contribution in [2.75, 3.05) is 6.61 Å². The van der Waals surface area contributed by atoms with E-state index in [1.807, 2.05) is 0 Å². The molecule has 1 fully saturated rings. The monoisotopic (exact) mass is 284 g/mol. The first-order chi connectivity index (χ1) is 10.4. The van der Waals surface area contributed by atoms with Crippen LogP contribution in [-0.2, 0) is 34.0 Å². The molecule has 4 rings (SSSR count). The third kappa shape index (κ3) is 2.57. The number of ether oxygens (including phenoxy) is 3. The van der Waals surface area contributed by atoms with Crippen molar-refractivity contribution in [1.82, 2.24) is 0 Å². The highest BCUT2D eigenvalue weighted by Crippen LogP contribution is 2.32. The van der Waals surface area contributed by atoms with Gasteiger partial charge in [0.2, 0.25) is 0 Å². The molecule has 2 heterocycles. The summed E-state index contributed by atoms with van der Waals surface area (Å²) in [5, 5.41) is 2.54. The van der Waals surface area contributed by atoms with Crippen molar-refractivity contribution in [3.05, 3.63) is 47.0 Å². The molecule has 3 heteroatoms. The van der Waals surface area contributed by atoms with Gasteiger partial charge in [0.1, 0.15) is 0 Å². The Balaban J connectivity index is 1.66. The number of hydrogen-bond donors (Lipinski definition) is 0. The van der Waals surface area contributed by atoms with E-state index < -0.39 is 0 Å². The van der Waals surface area contributed by atoms with Gasteiger partial charge in [0.05, 0.1) is 19.8 Å². The predicted octanol–water partition coefficient (Wildman–Crippen LogP) is 3.91. The van der Waals surface area contributed by atoms with Gasteiger partial charge >= 0.3 is 0 Å². The Kier molecular flexibility index (Phi) is 3.63. The van der Waals surface area contributed by atoms with Crippen molar-refractivity contribution < 1.29 is 14.2 Å². The van der Waals surface area contributed by atoms with Crippen LogP contribution in [0.15, 0.2) is 30.3 Å². The predicted molar refractivity (Wildman–Crippen MR) is 80.8 cm³/mol. The molecular weight excluding hydrogens is 264 g/mol. The maximum Gasteiger partial charge on any atom is 0.158 e. The summed E-state index contributed by atoms with van der Waals surface area (Å²) in [5.74, 6) is 0. The van der Waals surface area contributed by atoms with Crippen molar-refractivity contribution in [1.29, 1.82) is 0 Å². The number of benzene rings is 2. The molecule has 2 aliphatic rings. The molecule has 0 amide bonds. The van der Waals surface area contributed by atoms with Gasteiger partial charge in [0.15, 0.2) is 6.29 Å². The Morgan fingerprint density at radius 3 is 3.00 bits per heavy atom. The highest BCUT2D eigenvalue weighted by atomic mass is 16.7. The molecule has 2 aromatic carbocycles. The summed E-state index contributed by atoms with van der Waals surface area (Å²) < 4.78 is 17.3. The van der Waals surface area contributed by atoms with Gasteiger partial charge in [-0.25, -0.2) is 0 Å². The molecule has 1 unspecified atom stereocenters. The molecule has 0 aromatic heterocycles. The van der Waals surface area contributed by atoms with Gasteiger partial charge in [0.25, 0.3) is 0 Å². The minimum Gasteiger partial charge on any atom is -0.372 e. The fourth-order valence-electron chi connectivity index (χ4n) is 3.28. The van der Waals surface area contributed by atoms with Gasteiger partial charge in [-0.05, 0) is 52.8 Å². The molecule has 2 aliphatic heterocycles. The van der Waals surface area contributed by atoms with Gasteiger partial charge < -0.3 is 14.2 Å². The standard InChI is InChI=1S/C18H20O3/c1-2-6-15-13(5-1)9-14-10-19-11-16(14)17(15)12-21-18-7-3-4-8-20-18/h1-2,5-6,9,18H,3-4,7-8,10-12H2. The van der Waals surface area contributed by atoms with Crippen molar-refractivity contribution in [2.24, 2.45) is 0 Å². The van der Waals surface area contributed by atoms with E-state index in [9.17, 15) is 0 Å². The molecular formula is C18H20O3. The lowest BCUT2D eigenvalue weighted by molar-refractivity contribution is -0.168. The maximum atomic E-state index is 6.02. The van der Waals surface area contributed by atoms with Gasteiger partial charge in [-0.15, -0.1) is 0 Å². The Hall–Kier alpha value is -1.42. The van der Waals surface area contributed by atoms with Crippen LogP contribution in [0.4, 0.5) is 0 Å². The van der Waals surface area contributed by atoms with Crippen LogP contribution in [0, 0.1) is 0 Å². The Morgan fingerprint density at radius 1 is 1.14 bits per heavy atom. The van der Waals surface area contributed by atoms with E-state index in [1.165, 1.54) is 33.9 Å². The van der Waals surface area contributed by atoms with Gasteiger partial charge in [-0.1, -0.05) is 24.3 Å². The highest BCUT2D eigenvalue weighted by molar-refractivity contribution is 5.87.